The highest BCUT2D eigenvalue weighted by Gasteiger charge is 2.32. The van der Waals surface area contributed by atoms with E-state index in [-0.39, 0.29) is 22.6 Å². The van der Waals surface area contributed by atoms with Crippen LogP contribution in [0.5, 0.6) is 0 Å². The first-order chi connectivity index (χ1) is 16.5. The van der Waals surface area contributed by atoms with Crippen molar-refractivity contribution in [3.8, 4) is 11.4 Å². The Kier molecular flexibility index (Phi) is 6.29. The monoisotopic (exact) mass is 477 g/mol. The van der Waals surface area contributed by atoms with Gasteiger partial charge in [0.25, 0.3) is 11.5 Å². The number of carbonyl (C=O) groups is 1. The van der Waals surface area contributed by atoms with Crippen molar-refractivity contribution in [2.75, 3.05) is 0 Å². The average Bonchev–Trinajstić information content (AvgIpc) is 3.18. The van der Waals surface area contributed by atoms with E-state index in [9.17, 15) is 19.1 Å². The van der Waals surface area contributed by atoms with E-state index in [4.69, 9.17) is 0 Å². The standard InChI is InChI=1S/C26H28FN5O3/c1-14(2)20-19(24(33)29-22(26(4,5)35)16-8-10-18(27)11-9-16)13-32-21(20)25(34)30-23(31-32)17-7-6-15(3)28-12-17/h6-14,22,35H,1-5H3,(H,29,33)(H,30,31,34)/t22-/m0/s1. The van der Waals surface area contributed by atoms with Gasteiger partial charge >= 0.3 is 0 Å². The molecule has 3 aromatic heterocycles. The molecule has 182 valence electrons. The molecule has 0 radical (unpaired) electrons. The minimum atomic E-state index is -1.34. The molecule has 3 N–H and O–H groups in total. The number of carbonyl (C=O) groups excluding carboxylic acids is 1. The SMILES string of the molecule is Cc1ccc(-c2nn3cc(C(=O)N[C@@H](c4ccc(F)cc4)C(C)(C)O)c(C(C)C)c3c(=O)[nH]2)cn1. The largest absolute Gasteiger partial charge is 0.388 e. The second-order valence-electron chi connectivity index (χ2n) is 9.51. The Hall–Kier alpha value is -3.85. The van der Waals surface area contributed by atoms with Gasteiger partial charge in [0.2, 0.25) is 0 Å². The Balaban J connectivity index is 1.79. The van der Waals surface area contributed by atoms with Crippen molar-refractivity contribution in [2.45, 2.75) is 52.2 Å². The maximum absolute atomic E-state index is 13.5. The number of aromatic nitrogens is 4. The Labute approximate surface area is 201 Å². The number of H-pyrrole nitrogens is 1. The molecular formula is C26H28FN5O3. The molecular weight excluding hydrogens is 449 g/mol. The molecule has 0 unspecified atom stereocenters. The molecule has 0 aliphatic heterocycles. The molecule has 0 aliphatic rings. The van der Waals surface area contributed by atoms with Crippen LogP contribution in [0.1, 0.15) is 66.8 Å². The van der Waals surface area contributed by atoms with Crippen molar-refractivity contribution in [3.63, 3.8) is 0 Å². The molecule has 0 saturated carbocycles. The van der Waals surface area contributed by atoms with Gasteiger partial charge in [0.05, 0.1) is 17.2 Å². The van der Waals surface area contributed by atoms with Gasteiger partial charge in [-0.05, 0) is 56.5 Å². The van der Waals surface area contributed by atoms with Crippen LogP contribution in [0.25, 0.3) is 16.9 Å². The van der Waals surface area contributed by atoms with Crippen molar-refractivity contribution in [1.29, 1.82) is 0 Å². The van der Waals surface area contributed by atoms with E-state index in [0.29, 0.717) is 22.5 Å². The summed E-state index contributed by atoms with van der Waals surface area (Å²) in [5.41, 5.74) is 1.39. The molecule has 4 aromatic rings. The molecule has 0 fully saturated rings. The zero-order chi connectivity index (χ0) is 25.5. The highest BCUT2D eigenvalue weighted by molar-refractivity contribution is 5.98. The number of aliphatic hydroxyl groups is 1. The van der Waals surface area contributed by atoms with Gasteiger partial charge in [0.15, 0.2) is 5.82 Å². The first kappa shape index (κ1) is 24.3. The number of hydrogen-bond acceptors (Lipinski definition) is 5. The topological polar surface area (TPSA) is 112 Å². The second kappa shape index (κ2) is 9.07. The van der Waals surface area contributed by atoms with E-state index >= 15 is 0 Å². The molecule has 0 saturated heterocycles. The van der Waals surface area contributed by atoms with Gasteiger partial charge in [-0.1, -0.05) is 26.0 Å². The van der Waals surface area contributed by atoms with E-state index in [0.717, 1.165) is 5.69 Å². The maximum atomic E-state index is 13.5. The predicted molar refractivity (Wildman–Crippen MR) is 131 cm³/mol. The van der Waals surface area contributed by atoms with Gasteiger partial charge in [-0.2, -0.15) is 0 Å². The third-order valence-electron chi connectivity index (χ3n) is 5.87. The smallest absolute Gasteiger partial charge is 0.275 e. The van der Waals surface area contributed by atoms with E-state index in [1.165, 1.54) is 35.0 Å². The van der Waals surface area contributed by atoms with E-state index < -0.39 is 23.4 Å². The normalized spacial score (nSPS) is 12.8. The van der Waals surface area contributed by atoms with Crippen LogP contribution >= 0.6 is 0 Å². The number of fused-ring (bicyclic) bond motifs is 1. The molecule has 0 aliphatic carbocycles. The summed E-state index contributed by atoms with van der Waals surface area (Å²) >= 11 is 0. The van der Waals surface area contributed by atoms with Crippen molar-refractivity contribution < 1.29 is 14.3 Å². The summed E-state index contributed by atoms with van der Waals surface area (Å²) in [6.45, 7) is 8.76. The van der Waals surface area contributed by atoms with Gasteiger partial charge in [0, 0.05) is 29.2 Å². The molecule has 35 heavy (non-hydrogen) atoms. The van der Waals surface area contributed by atoms with E-state index in [2.05, 4.69) is 20.4 Å². The summed E-state index contributed by atoms with van der Waals surface area (Å²) in [5, 5.41) is 18.1. The number of rotatable bonds is 6. The average molecular weight is 478 g/mol. The minimum Gasteiger partial charge on any atom is -0.388 e. The highest BCUT2D eigenvalue weighted by Crippen LogP contribution is 2.29. The molecule has 1 aromatic carbocycles. The Morgan fingerprint density at radius 1 is 1.17 bits per heavy atom. The summed E-state index contributed by atoms with van der Waals surface area (Å²) in [6.07, 6.45) is 3.14. The Morgan fingerprint density at radius 3 is 2.43 bits per heavy atom. The minimum absolute atomic E-state index is 0.165. The number of nitrogens with zero attached hydrogens (tertiary/aromatic N) is 3. The fraction of sp³-hybridized carbons (Fsp3) is 0.308. The third-order valence-corrected chi connectivity index (χ3v) is 5.87. The van der Waals surface area contributed by atoms with Crippen molar-refractivity contribution >= 4 is 11.4 Å². The Morgan fingerprint density at radius 2 is 1.86 bits per heavy atom. The third kappa shape index (κ3) is 4.85. The van der Waals surface area contributed by atoms with Crippen LogP contribution in [0.15, 0.2) is 53.6 Å². The lowest BCUT2D eigenvalue weighted by Crippen LogP contribution is -2.42. The number of amides is 1. The summed E-state index contributed by atoms with van der Waals surface area (Å²) in [4.78, 5) is 33.6. The van der Waals surface area contributed by atoms with Gasteiger partial charge in [-0.15, -0.1) is 5.10 Å². The molecule has 1 atom stereocenters. The lowest BCUT2D eigenvalue weighted by atomic mass is 9.91. The van der Waals surface area contributed by atoms with Gasteiger partial charge in [0.1, 0.15) is 11.3 Å². The number of aromatic amines is 1. The fourth-order valence-electron chi connectivity index (χ4n) is 4.15. The second-order valence-corrected chi connectivity index (χ2v) is 9.51. The molecule has 8 nitrogen and oxygen atoms in total. The lowest BCUT2D eigenvalue weighted by molar-refractivity contribution is 0.0343. The number of halogens is 1. The van der Waals surface area contributed by atoms with Gasteiger partial charge in [-0.25, -0.2) is 8.91 Å². The van der Waals surface area contributed by atoms with Crippen LogP contribution in [0.2, 0.25) is 0 Å². The number of pyridine rings is 1. The zero-order valence-corrected chi connectivity index (χ0v) is 20.3. The predicted octanol–water partition coefficient (Wildman–Crippen LogP) is 3.90. The van der Waals surface area contributed by atoms with Gasteiger partial charge in [-0.3, -0.25) is 14.6 Å². The first-order valence-electron chi connectivity index (χ1n) is 11.3. The summed E-state index contributed by atoms with van der Waals surface area (Å²) in [7, 11) is 0. The maximum Gasteiger partial charge on any atom is 0.275 e. The number of nitrogens with one attached hydrogen (secondary N) is 2. The van der Waals surface area contributed by atoms with Gasteiger partial charge < -0.3 is 15.4 Å². The highest BCUT2D eigenvalue weighted by atomic mass is 19.1. The zero-order valence-electron chi connectivity index (χ0n) is 20.3. The molecule has 0 bridgehead atoms. The summed E-state index contributed by atoms with van der Waals surface area (Å²) < 4.78 is 14.9. The van der Waals surface area contributed by atoms with Crippen LogP contribution < -0.4 is 10.9 Å². The van der Waals surface area contributed by atoms with Crippen LogP contribution in [0.4, 0.5) is 4.39 Å². The Bertz CT molecular complexity index is 1430. The van der Waals surface area contributed by atoms with Crippen molar-refractivity contribution in [2.24, 2.45) is 0 Å². The molecule has 3 heterocycles. The van der Waals surface area contributed by atoms with Crippen LogP contribution in [-0.4, -0.2) is 36.2 Å². The lowest BCUT2D eigenvalue weighted by Gasteiger charge is -2.30. The van der Waals surface area contributed by atoms with Crippen LogP contribution in [0, 0.1) is 12.7 Å². The molecule has 0 spiro atoms. The molecule has 9 heteroatoms. The number of benzene rings is 1. The summed E-state index contributed by atoms with van der Waals surface area (Å²) in [5.74, 6) is -0.733. The van der Waals surface area contributed by atoms with Crippen molar-refractivity contribution in [1.82, 2.24) is 24.9 Å². The number of aryl methyl sites for hydroxylation is 1. The van der Waals surface area contributed by atoms with Crippen LogP contribution in [-0.2, 0) is 0 Å². The van der Waals surface area contributed by atoms with E-state index in [1.807, 2.05) is 32.9 Å². The quantitative estimate of drug-likeness (QED) is 0.390. The molecule has 4 rings (SSSR count). The fourth-order valence-corrected chi connectivity index (χ4v) is 4.15. The van der Waals surface area contributed by atoms with E-state index in [1.54, 1.807) is 20.0 Å². The number of hydrogen-bond donors (Lipinski definition) is 3. The summed E-state index contributed by atoms with van der Waals surface area (Å²) in [6, 6.07) is 8.40. The first-order valence-corrected chi connectivity index (χ1v) is 11.3. The molecule has 1 amide bonds. The van der Waals surface area contributed by atoms with Crippen LogP contribution in [0.3, 0.4) is 0 Å². The van der Waals surface area contributed by atoms with Crippen molar-refractivity contribution in [3.05, 3.63) is 87.3 Å².